The molecule has 0 bridgehead atoms. The summed E-state index contributed by atoms with van der Waals surface area (Å²) >= 11 is 0. The van der Waals surface area contributed by atoms with Gasteiger partial charge in [-0.15, -0.1) is 5.10 Å². The summed E-state index contributed by atoms with van der Waals surface area (Å²) in [7, 11) is 2.03. The minimum Gasteiger partial charge on any atom is -0.493 e. The highest BCUT2D eigenvalue weighted by atomic mass is 16.6. The molecule has 0 unspecified atom stereocenters. The van der Waals surface area contributed by atoms with Gasteiger partial charge in [0.25, 0.3) is 5.91 Å². The van der Waals surface area contributed by atoms with Gasteiger partial charge in [-0.1, -0.05) is 36.6 Å². The largest absolute Gasteiger partial charge is 0.493 e. The number of hydrazone groups is 1. The highest BCUT2D eigenvalue weighted by Crippen LogP contribution is 2.24. The quantitative estimate of drug-likeness (QED) is 0.356. The van der Waals surface area contributed by atoms with Crippen molar-refractivity contribution in [3.8, 4) is 11.6 Å². The van der Waals surface area contributed by atoms with Gasteiger partial charge in [0.15, 0.2) is 5.69 Å². The van der Waals surface area contributed by atoms with E-state index in [4.69, 9.17) is 15.1 Å². The number of rotatable bonds is 9. The summed E-state index contributed by atoms with van der Waals surface area (Å²) in [4.78, 5) is 15.2. The van der Waals surface area contributed by atoms with E-state index >= 15 is 0 Å². The van der Waals surface area contributed by atoms with Gasteiger partial charge >= 0.3 is 0 Å². The van der Waals surface area contributed by atoms with Gasteiger partial charge in [0, 0.05) is 18.2 Å². The Morgan fingerprint density at radius 2 is 2.12 bits per heavy atom. The number of anilines is 1. The van der Waals surface area contributed by atoms with Crippen LogP contribution >= 0.6 is 0 Å². The summed E-state index contributed by atoms with van der Waals surface area (Å²) < 4.78 is 11.7. The second-order valence-corrected chi connectivity index (χ2v) is 8.15. The number of para-hydroxylation sites is 1. The van der Waals surface area contributed by atoms with Gasteiger partial charge in [0.1, 0.15) is 5.75 Å². The molecule has 1 amide bonds. The van der Waals surface area contributed by atoms with Crippen LogP contribution in [0, 0.1) is 0 Å². The summed E-state index contributed by atoms with van der Waals surface area (Å²) in [5.74, 6) is 0.424. The number of benzene rings is 1. The zero-order chi connectivity index (χ0) is 23.9. The summed E-state index contributed by atoms with van der Waals surface area (Å²) in [6, 6.07) is 7.84. The molecule has 1 aromatic carbocycles. The third kappa shape index (κ3) is 5.22. The molecule has 2 aromatic heterocycles. The molecule has 0 aliphatic heterocycles. The number of nitrogens with zero attached hydrogens (tertiary/aromatic N) is 7. The fourth-order valence-corrected chi connectivity index (χ4v) is 4.10. The topological polar surface area (TPSA) is 150 Å². The smallest absolute Gasteiger partial charge is 0.293 e. The van der Waals surface area contributed by atoms with Crippen molar-refractivity contribution in [2.75, 3.05) is 19.4 Å². The van der Waals surface area contributed by atoms with E-state index in [0.717, 1.165) is 18.4 Å². The normalized spacial score (nSPS) is 14.7. The van der Waals surface area contributed by atoms with E-state index in [1.165, 1.54) is 30.2 Å². The number of hydrogen-bond acceptors (Lipinski definition) is 10. The fraction of sp³-hybridized carbons (Fsp3) is 0.455. The summed E-state index contributed by atoms with van der Waals surface area (Å²) in [6.07, 6.45) is 7.38. The Bertz CT molecular complexity index is 1130. The van der Waals surface area contributed by atoms with Gasteiger partial charge in [-0.05, 0) is 49.3 Å². The highest BCUT2D eigenvalue weighted by molar-refractivity contribution is 5.94. The maximum Gasteiger partial charge on any atom is 0.293 e. The lowest BCUT2D eigenvalue weighted by molar-refractivity contribution is 0.0947. The lowest BCUT2D eigenvalue weighted by atomic mass is 9.94. The highest BCUT2D eigenvalue weighted by Gasteiger charge is 2.27. The van der Waals surface area contributed by atoms with E-state index in [-0.39, 0.29) is 17.3 Å². The predicted octanol–water partition coefficient (Wildman–Crippen LogP) is 2.16. The lowest BCUT2D eigenvalue weighted by Crippen LogP contribution is -2.34. The first-order chi connectivity index (χ1) is 16.6. The van der Waals surface area contributed by atoms with Crippen LogP contribution < -0.4 is 15.9 Å². The summed E-state index contributed by atoms with van der Waals surface area (Å²) in [5, 5.41) is 19.7. The number of ether oxygens (including phenoxy) is 1. The van der Waals surface area contributed by atoms with Crippen molar-refractivity contribution >= 4 is 17.9 Å². The number of carbonyl (C=O) groups is 1. The van der Waals surface area contributed by atoms with E-state index in [0.29, 0.717) is 30.6 Å². The van der Waals surface area contributed by atoms with Crippen LogP contribution in [0.15, 0.2) is 34.0 Å². The number of hydrogen-bond donors (Lipinski definition) is 2. The molecule has 0 radical (unpaired) electrons. The molecule has 2 heterocycles. The molecule has 3 N–H and O–H groups in total. The van der Waals surface area contributed by atoms with E-state index < -0.39 is 5.91 Å². The standard InChI is InChI=1S/C22H29N9O3/c1-3-33-18-12-8-7-9-15(18)13-24-26-22(32)19-17(14-30(2)16-10-5-4-6-11-16)31(29-25-19)21-20(23)27-34-28-21/h7-9,12-13,16H,3-6,10-11,14H2,1-2H3,(H2,23,27)(H,26,32)/b24-13-. The zero-order valence-corrected chi connectivity index (χ0v) is 19.3. The Morgan fingerprint density at radius 3 is 2.85 bits per heavy atom. The Labute approximate surface area is 197 Å². The van der Waals surface area contributed by atoms with Gasteiger partial charge < -0.3 is 10.5 Å². The first-order valence-corrected chi connectivity index (χ1v) is 11.4. The molecule has 12 heteroatoms. The van der Waals surface area contributed by atoms with Crippen LogP contribution in [-0.4, -0.2) is 62.0 Å². The number of nitrogens with one attached hydrogen (secondary N) is 1. The first kappa shape index (κ1) is 23.4. The van der Waals surface area contributed by atoms with Crippen molar-refractivity contribution in [1.29, 1.82) is 0 Å². The van der Waals surface area contributed by atoms with E-state index in [9.17, 15) is 4.79 Å². The molecule has 1 aliphatic carbocycles. The summed E-state index contributed by atoms with van der Waals surface area (Å²) in [5.41, 5.74) is 9.81. The van der Waals surface area contributed by atoms with Crippen LogP contribution in [-0.2, 0) is 6.54 Å². The molecule has 34 heavy (non-hydrogen) atoms. The zero-order valence-electron chi connectivity index (χ0n) is 19.3. The van der Waals surface area contributed by atoms with Crippen LogP contribution in [0.4, 0.5) is 5.82 Å². The van der Waals surface area contributed by atoms with Crippen molar-refractivity contribution in [3.05, 3.63) is 41.2 Å². The third-order valence-corrected chi connectivity index (χ3v) is 5.86. The average molecular weight is 468 g/mol. The molecule has 3 aromatic rings. The van der Waals surface area contributed by atoms with E-state index in [1.807, 2.05) is 38.2 Å². The minimum atomic E-state index is -0.501. The molecular weight excluding hydrogens is 438 g/mol. The average Bonchev–Trinajstić information content (AvgIpc) is 3.46. The first-order valence-electron chi connectivity index (χ1n) is 11.4. The molecule has 4 rings (SSSR count). The van der Waals surface area contributed by atoms with Crippen molar-refractivity contribution in [3.63, 3.8) is 0 Å². The van der Waals surface area contributed by atoms with Crippen LogP contribution in [0.3, 0.4) is 0 Å². The van der Waals surface area contributed by atoms with Gasteiger partial charge in [0.2, 0.25) is 11.6 Å². The van der Waals surface area contributed by atoms with Gasteiger partial charge in [-0.3, -0.25) is 9.69 Å². The van der Waals surface area contributed by atoms with Crippen LogP contribution in [0.5, 0.6) is 5.75 Å². The molecule has 1 fully saturated rings. The van der Waals surface area contributed by atoms with E-state index in [2.05, 4.69) is 36.1 Å². The van der Waals surface area contributed by atoms with Crippen LogP contribution in [0.1, 0.15) is 60.8 Å². The van der Waals surface area contributed by atoms with Crippen molar-refractivity contribution in [1.82, 2.24) is 35.6 Å². The summed E-state index contributed by atoms with van der Waals surface area (Å²) in [6.45, 7) is 2.85. The molecule has 0 atom stereocenters. The molecule has 1 saturated carbocycles. The minimum absolute atomic E-state index is 0.0592. The number of aromatic nitrogens is 5. The van der Waals surface area contributed by atoms with Crippen molar-refractivity contribution in [2.45, 2.75) is 51.6 Å². The Kier molecular flexibility index (Phi) is 7.48. The Balaban J connectivity index is 1.56. The van der Waals surface area contributed by atoms with Gasteiger partial charge in [-0.2, -0.15) is 9.78 Å². The number of nitrogens with two attached hydrogens (primary N) is 1. The van der Waals surface area contributed by atoms with Crippen molar-refractivity contribution in [2.24, 2.45) is 5.10 Å². The predicted molar refractivity (Wildman–Crippen MR) is 125 cm³/mol. The molecular formula is C22H29N9O3. The molecule has 0 spiro atoms. The Hall–Kier alpha value is -3.80. The van der Waals surface area contributed by atoms with Gasteiger partial charge in [0.05, 0.1) is 18.5 Å². The second-order valence-electron chi connectivity index (χ2n) is 8.15. The lowest BCUT2D eigenvalue weighted by Gasteiger charge is -2.31. The fourth-order valence-electron chi connectivity index (χ4n) is 4.10. The molecule has 1 aliphatic rings. The molecule has 12 nitrogen and oxygen atoms in total. The van der Waals surface area contributed by atoms with Crippen LogP contribution in [0.2, 0.25) is 0 Å². The Morgan fingerprint density at radius 1 is 1.32 bits per heavy atom. The van der Waals surface area contributed by atoms with E-state index in [1.54, 1.807) is 0 Å². The molecule has 180 valence electrons. The number of amides is 1. The van der Waals surface area contributed by atoms with Gasteiger partial charge in [-0.25, -0.2) is 10.1 Å². The SMILES string of the molecule is CCOc1ccccc1/C=N\NC(=O)c1nnn(-c2nonc2N)c1CN(C)C1CCCCC1. The van der Waals surface area contributed by atoms with Crippen molar-refractivity contribution < 1.29 is 14.2 Å². The maximum atomic E-state index is 13.0. The number of nitrogen functional groups attached to an aromatic ring is 1. The molecule has 0 saturated heterocycles. The van der Waals surface area contributed by atoms with Crippen LogP contribution in [0.25, 0.3) is 5.82 Å². The monoisotopic (exact) mass is 467 g/mol. The third-order valence-electron chi connectivity index (χ3n) is 5.86. The maximum absolute atomic E-state index is 13.0. The second kappa shape index (κ2) is 10.9. The number of carbonyl (C=O) groups excluding carboxylic acids is 1.